The highest BCUT2D eigenvalue weighted by atomic mass is 32.1. The van der Waals surface area contributed by atoms with Crippen molar-refractivity contribution < 1.29 is 9.52 Å². The maximum Gasteiger partial charge on any atom is 0.263 e. The Labute approximate surface area is 125 Å². The molecule has 0 aliphatic heterocycles. The van der Waals surface area contributed by atoms with Gasteiger partial charge in [0, 0.05) is 6.07 Å². The molecule has 3 rings (SSSR count). The van der Waals surface area contributed by atoms with Gasteiger partial charge in [-0.05, 0) is 37.1 Å². The van der Waals surface area contributed by atoms with E-state index in [1.54, 1.807) is 6.07 Å². The van der Waals surface area contributed by atoms with Gasteiger partial charge < -0.3 is 5.21 Å². The average molecular weight is 299 g/mol. The van der Waals surface area contributed by atoms with Crippen LogP contribution in [0.4, 0.5) is 5.13 Å². The quantitative estimate of drug-likeness (QED) is 0.584. The summed E-state index contributed by atoms with van der Waals surface area (Å²) in [6.45, 7) is 4.03. The van der Waals surface area contributed by atoms with E-state index in [4.69, 9.17) is 0 Å². The van der Waals surface area contributed by atoms with E-state index in [9.17, 15) is 10.0 Å². The van der Waals surface area contributed by atoms with Gasteiger partial charge in [-0.3, -0.25) is 10.1 Å². The van der Waals surface area contributed by atoms with Gasteiger partial charge in [0.1, 0.15) is 5.56 Å². The number of thiazole rings is 1. The van der Waals surface area contributed by atoms with Gasteiger partial charge in [0.15, 0.2) is 17.5 Å². The predicted molar refractivity (Wildman–Crippen MR) is 82.4 cm³/mol. The molecule has 1 N–H and O–H groups in total. The number of amides is 1. The number of rotatable bonds is 2. The van der Waals surface area contributed by atoms with Gasteiger partial charge in [0.25, 0.3) is 5.91 Å². The van der Waals surface area contributed by atoms with Crippen LogP contribution in [0, 0.1) is 19.1 Å². The van der Waals surface area contributed by atoms with Gasteiger partial charge in [0.05, 0.1) is 10.2 Å². The van der Waals surface area contributed by atoms with Crippen LogP contribution in [-0.4, -0.2) is 10.9 Å². The van der Waals surface area contributed by atoms with Crippen LogP contribution in [-0.2, 0) is 0 Å². The first-order valence-corrected chi connectivity index (χ1v) is 7.22. The highest BCUT2D eigenvalue weighted by Crippen LogP contribution is 2.29. The molecule has 0 spiro atoms. The molecular formula is C15H13N3O2S. The van der Waals surface area contributed by atoms with E-state index in [1.165, 1.54) is 29.8 Å². The topological polar surface area (TPSA) is 68.9 Å². The molecule has 2 heterocycles. The molecule has 0 bridgehead atoms. The summed E-state index contributed by atoms with van der Waals surface area (Å²) in [4.78, 5) is 16.5. The summed E-state index contributed by atoms with van der Waals surface area (Å²) in [5, 5.41) is 14.5. The van der Waals surface area contributed by atoms with Crippen molar-refractivity contribution in [3.8, 4) is 0 Å². The lowest BCUT2D eigenvalue weighted by Gasteiger charge is -2.01. The molecule has 0 unspecified atom stereocenters. The molecule has 5 nitrogen and oxygen atoms in total. The summed E-state index contributed by atoms with van der Waals surface area (Å²) in [5.41, 5.74) is 3.45. The first kappa shape index (κ1) is 13.5. The molecule has 0 radical (unpaired) electrons. The zero-order valence-corrected chi connectivity index (χ0v) is 12.4. The number of carbonyl (C=O) groups excluding carboxylic acids is 1. The van der Waals surface area contributed by atoms with Gasteiger partial charge in [-0.15, -0.1) is 0 Å². The van der Waals surface area contributed by atoms with Gasteiger partial charge in [0.2, 0.25) is 0 Å². The minimum Gasteiger partial charge on any atom is -0.619 e. The number of hydrogen-bond donors (Lipinski definition) is 1. The molecule has 6 heteroatoms. The van der Waals surface area contributed by atoms with Crippen molar-refractivity contribution in [2.45, 2.75) is 13.8 Å². The minimum absolute atomic E-state index is 0.305. The lowest BCUT2D eigenvalue weighted by molar-refractivity contribution is -0.605. The fourth-order valence-corrected chi connectivity index (χ4v) is 3.22. The first-order valence-electron chi connectivity index (χ1n) is 6.41. The molecule has 106 valence electrons. The van der Waals surface area contributed by atoms with Crippen LogP contribution in [0.1, 0.15) is 21.5 Å². The second-order valence-electron chi connectivity index (χ2n) is 4.85. The Balaban J connectivity index is 1.91. The second-order valence-corrected chi connectivity index (χ2v) is 5.88. The highest BCUT2D eigenvalue weighted by Gasteiger charge is 2.13. The molecule has 0 aliphatic carbocycles. The van der Waals surface area contributed by atoms with Crippen molar-refractivity contribution in [2.24, 2.45) is 0 Å². The number of hydrogen-bond acceptors (Lipinski definition) is 4. The third kappa shape index (κ3) is 2.71. The molecule has 0 fully saturated rings. The molecule has 0 atom stereocenters. The lowest BCUT2D eigenvalue weighted by atomic mass is 10.1. The Bertz CT molecular complexity index is 842. The summed E-state index contributed by atoms with van der Waals surface area (Å²) in [7, 11) is 0. The number of carbonyl (C=O) groups is 1. The number of anilines is 1. The minimum atomic E-state index is -0.339. The maximum absolute atomic E-state index is 12.1. The predicted octanol–water partition coefficient (Wildman–Crippen LogP) is 2.80. The van der Waals surface area contributed by atoms with Gasteiger partial charge in [-0.2, -0.15) is 4.73 Å². The average Bonchev–Trinajstić information content (AvgIpc) is 2.81. The number of aryl methyl sites for hydroxylation is 2. The number of nitrogens with zero attached hydrogens (tertiary/aromatic N) is 2. The third-order valence-corrected chi connectivity index (χ3v) is 4.01. The van der Waals surface area contributed by atoms with Crippen molar-refractivity contribution in [3.63, 3.8) is 0 Å². The van der Waals surface area contributed by atoms with Gasteiger partial charge in [-0.25, -0.2) is 4.98 Å². The number of aromatic nitrogens is 2. The molecule has 1 aromatic carbocycles. The van der Waals surface area contributed by atoms with Crippen LogP contribution < -0.4 is 10.0 Å². The van der Waals surface area contributed by atoms with Crippen LogP contribution >= 0.6 is 11.3 Å². The first-order chi connectivity index (χ1) is 10.0. The van der Waals surface area contributed by atoms with Crippen molar-refractivity contribution in [1.82, 2.24) is 4.98 Å². The molecular weight excluding hydrogens is 286 g/mol. The summed E-state index contributed by atoms with van der Waals surface area (Å²) in [6, 6.07) is 7.23. The molecule has 3 aromatic rings. The van der Waals surface area contributed by atoms with Gasteiger partial charge >= 0.3 is 0 Å². The number of fused-ring (bicyclic) bond motifs is 1. The third-order valence-electron chi connectivity index (χ3n) is 3.09. The molecule has 0 saturated carbocycles. The normalized spacial score (nSPS) is 10.8. The van der Waals surface area contributed by atoms with Crippen molar-refractivity contribution in [3.05, 3.63) is 58.6 Å². The Morgan fingerprint density at radius 1 is 1.38 bits per heavy atom. The Morgan fingerprint density at radius 3 is 2.95 bits per heavy atom. The molecule has 0 aliphatic rings. The summed E-state index contributed by atoms with van der Waals surface area (Å²) >= 11 is 1.42. The summed E-state index contributed by atoms with van der Waals surface area (Å²) < 4.78 is 1.63. The fourth-order valence-electron chi connectivity index (χ4n) is 2.18. The van der Waals surface area contributed by atoms with E-state index in [-0.39, 0.29) is 5.91 Å². The Hall–Kier alpha value is -2.47. The van der Waals surface area contributed by atoms with E-state index < -0.39 is 0 Å². The van der Waals surface area contributed by atoms with E-state index >= 15 is 0 Å². The van der Waals surface area contributed by atoms with E-state index in [0.29, 0.717) is 15.4 Å². The Kier molecular flexibility index (Phi) is 3.31. The monoisotopic (exact) mass is 299 g/mol. The van der Waals surface area contributed by atoms with E-state index in [0.717, 1.165) is 21.3 Å². The fraction of sp³-hybridized carbons (Fsp3) is 0.133. The number of nitrogens with one attached hydrogen (secondary N) is 1. The summed E-state index contributed by atoms with van der Waals surface area (Å²) in [6.07, 6.45) is 2.57. The van der Waals surface area contributed by atoms with Crippen LogP contribution in [0.3, 0.4) is 0 Å². The number of benzene rings is 1. The maximum atomic E-state index is 12.1. The van der Waals surface area contributed by atoms with Crippen LogP contribution in [0.15, 0.2) is 36.7 Å². The molecule has 2 aromatic heterocycles. The van der Waals surface area contributed by atoms with Crippen molar-refractivity contribution in [1.29, 1.82) is 0 Å². The van der Waals surface area contributed by atoms with Gasteiger partial charge in [-0.1, -0.05) is 17.4 Å². The Morgan fingerprint density at radius 2 is 2.19 bits per heavy atom. The molecule has 1 amide bonds. The SMILES string of the molecule is Cc1cc(C)c2nc(NC(=O)c3ccc[n+]([O-])c3)sc2c1. The van der Waals surface area contributed by atoms with E-state index in [2.05, 4.69) is 16.4 Å². The van der Waals surface area contributed by atoms with Crippen LogP contribution in [0.5, 0.6) is 0 Å². The largest absolute Gasteiger partial charge is 0.619 e. The van der Waals surface area contributed by atoms with Crippen molar-refractivity contribution >= 4 is 32.6 Å². The van der Waals surface area contributed by atoms with Crippen LogP contribution in [0.2, 0.25) is 0 Å². The molecule has 0 saturated heterocycles. The lowest BCUT2D eigenvalue weighted by Crippen LogP contribution is -2.27. The second kappa shape index (κ2) is 5.14. The summed E-state index contributed by atoms with van der Waals surface area (Å²) in [5.74, 6) is -0.339. The molecule has 21 heavy (non-hydrogen) atoms. The van der Waals surface area contributed by atoms with E-state index in [1.807, 2.05) is 19.9 Å². The van der Waals surface area contributed by atoms with Crippen LogP contribution in [0.25, 0.3) is 10.2 Å². The standard InChI is InChI=1S/C15H13N3O2S/c1-9-6-10(2)13-12(7-9)21-15(16-13)17-14(19)11-4-3-5-18(20)8-11/h3-8H,1-2H3,(H,16,17,19). The van der Waals surface area contributed by atoms with Crippen molar-refractivity contribution in [2.75, 3.05) is 5.32 Å². The highest BCUT2D eigenvalue weighted by molar-refractivity contribution is 7.22. The smallest absolute Gasteiger partial charge is 0.263 e. The zero-order valence-electron chi connectivity index (χ0n) is 11.6. The zero-order chi connectivity index (χ0) is 15.0. The number of pyridine rings is 1.